The Labute approximate surface area is 115 Å². The van der Waals surface area contributed by atoms with E-state index in [-0.39, 0.29) is 6.54 Å². The number of thiophene rings is 2. The quantitative estimate of drug-likeness (QED) is 0.888. The van der Waals surface area contributed by atoms with Gasteiger partial charge in [0, 0.05) is 18.0 Å². The summed E-state index contributed by atoms with van der Waals surface area (Å²) in [6.45, 7) is 2.53. The third kappa shape index (κ3) is 2.81. The van der Waals surface area contributed by atoms with Crippen molar-refractivity contribution in [1.82, 2.24) is 4.72 Å². The van der Waals surface area contributed by atoms with Gasteiger partial charge in [-0.2, -0.15) is 11.3 Å². The third-order valence-electron chi connectivity index (χ3n) is 2.59. The monoisotopic (exact) mass is 302 g/mol. The molecule has 0 aliphatic rings. The van der Waals surface area contributed by atoms with Gasteiger partial charge in [0.25, 0.3) is 0 Å². The SMILES string of the molecule is Cc1cscc1CNS(=O)(=O)c1ccsc1CN. The topological polar surface area (TPSA) is 72.2 Å². The van der Waals surface area contributed by atoms with Crippen LogP contribution < -0.4 is 10.5 Å². The number of hydrogen-bond acceptors (Lipinski definition) is 5. The summed E-state index contributed by atoms with van der Waals surface area (Å²) in [5, 5.41) is 5.70. The van der Waals surface area contributed by atoms with E-state index in [1.54, 1.807) is 22.8 Å². The van der Waals surface area contributed by atoms with E-state index in [2.05, 4.69) is 4.72 Å². The lowest BCUT2D eigenvalue weighted by molar-refractivity contribution is 0.580. The van der Waals surface area contributed by atoms with Crippen LogP contribution in [0.3, 0.4) is 0 Å². The molecule has 4 nitrogen and oxygen atoms in total. The number of nitrogens with two attached hydrogens (primary N) is 1. The summed E-state index contributed by atoms with van der Waals surface area (Å²) in [5.74, 6) is 0. The minimum absolute atomic E-state index is 0.241. The molecule has 7 heteroatoms. The number of aryl methyl sites for hydroxylation is 1. The molecule has 0 fully saturated rings. The smallest absolute Gasteiger partial charge is 0.242 e. The summed E-state index contributed by atoms with van der Waals surface area (Å²) in [6.07, 6.45) is 0. The van der Waals surface area contributed by atoms with E-state index in [4.69, 9.17) is 5.73 Å². The lowest BCUT2D eigenvalue weighted by atomic mass is 10.2. The van der Waals surface area contributed by atoms with Gasteiger partial charge in [-0.25, -0.2) is 13.1 Å². The highest BCUT2D eigenvalue weighted by Crippen LogP contribution is 2.22. The Morgan fingerprint density at radius 2 is 2.17 bits per heavy atom. The van der Waals surface area contributed by atoms with Crippen LogP contribution in [0, 0.1) is 6.92 Å². The number of rotatable bonds is 5. The fourth-order valence-electron chi connectivity index (χ4n) is 1.54. The van der Waals surface area contributed by atoms with Crippen molar-refractivity contribution in [1.29, 1.82) is 0 Å². The fourth-order valence-corrected chi connectivity index (χ4v) is 4.73. The van der Waals surface area contributed by atoms with Crippen LogP contribution >= 0.6 is 22.7 Å². The van der Waals surface area contributed by atoms with E-state index >= 15 is 0 Å². The Morgan fingerprint density at radius 3 is 2.78 bits per heavy atom. The lowest BCUT2D eigenvalue weighted by Crippen LogP contribution is -2.24. The molecular formula is C11H14N2O2S3. The Kier molecular flexibility index (Phi) is 4.18. The molecule has 0 amide bonds. The predicted molar refractivity (Wildman–Crippen MR) is 75.3 cm³/mol. The fraction of sp³-hybridized carbons (Fsp3) is 0.273. The van der Waals surface area contributed by atoms with Crippen molar-refractivity contribution < 1.29 is 8.42 Å². The summed E-state index contributed by atoms with van der Waals surface area (Å²) in [4.78, 5) is 0.979. The third-order valence-corrected chi connectivity index (χ3v) is 6.06. The van der Waals surface area contributed by atoms with Gasteiger partial charge in [-0.3, -0.25) is 0 Å². The summed E-state index contributed by atoms with van der Waals surface area (Å²) in [6, 6.07) is 1.59. The standard InChI is InChI=1S/C11H14N2O2S3/c1-8-6-16-7-9(8)5-13-18(14,15)11-2-3-17-10(11)4-12/h2-3,6-7,13H,4-5,12H2,1H3. The van der Waals surface area contributed by atoms with Crippen LogP contribution in [-0.4, -0.2) is 8.42 Å². The molecule has 3 N–H and O–H groups in total. The maximum absolute atomic E-state index is 12.1. The largest absolute Gasteiger partial charge is 0.326 e. The highest BCUT2D eigenvalue weighted by Gasteiger charge is 2.18. The summed E-state index contributed by atoms with van der Waals surface area (Å²) < 4.78 is 26.9. The first-order valence-electron chi connectivity index (χ1n) is 5.32. The van der Waals surface area contributed by atoms with Gasteiger partial charge in [0.05, 0.1) is 4.90 Å². The zero-order valence-electron chi connectivity index (χ0n) is 9.84. The molecule has 2 heterocycles. The van der Waals surface area contributed by atoms with Crippen molar-refractivity contribution in [3.63, 3.8) is 0 Å². The molecule has 0 unspecified atom stereocenters. The maximum atomic E-state index is 12.1. The maximum Gasteiger partial charge on any atom is 0.242 e. The molecule has 0 saturated carbocycles. The van der Waals surface area contributed by atoms with E-state index in [0.29, 0.717) is 16.3 Å². The second kappa shape index (κ2) is 5.50. The zero-order valence-corrected chi connectivity index (χ0v) is 12.3. The molecular weight excluding hydrogens is 288 g/mol. The van der Waals surface area contributed by atoms with Gasteiger partial charge < -0.3 is 5.73 Å². The second-order valence-electron chi connectivity index (χ2n) is 3.82. The molecule has 0 aliphatic heterocycles. The molecule has 0 bridgehead atoms. The van der Waals surface area contributed by atoms with E-state index < -0.39 is 10.0 Å². The lowest BCUT2D eigenvalue weighted by Gasteiger charge is -2.06. The van der Waals surface area contributed by atoms with Crippen molar-refractivity contribution in [2.75, 3.05) is 0 Å². The van der Waals surface area contributed by atoms with Gasteiger partial charge in [-0.15, -0.1) is 11.3 Å². The molecule has 0 radical (unpaired) electrons. The summed E-state index contributed by atoms with van der Waals surface area (Å²) in [5.41, 5.74) is 7.64. The van der Waals surface area contributed by atoms with Crippen molar-refractivity contribution in [3.8, 4) is 0 Å². The van der Waals surface area contributed by atoms with Crippen LogP contribution in [0.2, 0.25) is 0 Å². The second-order valence-corrected chi connectivity index (χ2v) is 7.30. The predicted octanol–water partition coefficient (Wildman–Crippen LogP) is 2.06. The minimum Gasteiger partial charge on any atom is -0.326 e. The van der Waals surface area contributed by atoms with Crippen molar-refractivity contribution in [2.45, 2.75) is 24.9 Å². The Balaban J connectivity index is 2.16. The van der Waals surface area contributed by atoms with E-state index in [1.807, 2.05) is 17.7 Å². The van der Waals surface area contributed by atoms with Gasteiger partial charge in [0.2, 0.25) is 10.0 Å². The Hall–Kier alpha value is -0.730. The first kappa shape index (κ1) is 13.7. The van der Waals surface area contributed by atoms with Gasteiger partial charge in [0.15, 0.2) is 0 Å². The van der Waals surface area contributed by atoms with Gasteiger partial charge in [-0.05, 0) is 40.3 Å². The number of sulfonamides is 1. The van der Waals surface area contributed by atoms with E-state index in [1.165, 1.54) is 11.3 Å². The van der Waals surface area contributed by atoms with Crippen LogP contribution in [0.4, 0.5) is 0 Å². The molecule has 2 aromatic heterocycles. The average Bonchev–Trinajstić information content (AvgIpc) is 2.95. The molecule has 2 rings (SSSR count). The van der Waals surface area contributed by atoms with Crippen LogP contribution in [0.15, 0.2) is 27.1 Å². The molecule has 0 atom stereocenters. The number of nitrogens with one attached hydrogen (secondary N) is 1. The summed E-state index contributed by atoms with van der Waals surface area (Å²) in [7, 11) is -3.47. The van der Waals surface area contributed by atoms with Crippen molar-refractivity contribution in [2.24, 2.45) is 5.73 Å². The normalized spacial score (nSPS) is 11.9. The molecule has 98 valence electrons. The van der Waals surface area contributed by atoms with E-state index in [9.17, 15) is 8.42 Å². The highest BCUT2D eigenvalue weighted by atomic mass is 32.2. The van der Waals surface area contributed by atoms with Crippen molar-refractivity contribution >= 4 is 32.7 Å². The van der Waals surface area contributed by atoms with Crippen LogP contribution in [-0.2, 0) is 23.1 Å². The van der Waals surface area contributed by atoms with Crippen LogP contribution in [0.25, 0.3) is 0 Å². The molecule has 18 heavy (non-hydrogen) atoms. The molecule has 0 saturated heterocycles. The zero-order chi connectivity index (χ0) is 13.2. The Morgan fingerprint density at radius 1 is 1.39 bits per heavy atom. The van der Waals surface area contributed by atoms with E-state index in [0.717, 1.165) is 11.1 Å². The molecule has 0 spiro atoms. The number of hydrogen-bond donors (Lipinski definition) is 2. The minimum atomic E-state index is -3.47. The average molecular weight is 302 g/mol. The van der Waals surface area contributed by atoms with Crippen molar-refractivity contribution in [3.05, 3.63) is 38.2 Å². The molecule has 0 aromatic carbocycles. The molecule has 0 aliphatic carbocycles. The van der Waals surface area contributed by atoms with Gasteiger partial charge in [0.1, 0.15) is 0 Å². The van der Waals surface area contributed by atoms with Crippen LogP contribution in [0.5, 0.6) is 0 Å². The Bertz CT molecular complexity index is 628. The van der Waals surface area contributed by atoms with Crippen LogP contribution in [0.1, 0.15) is 16.0 Å². The first-order chi connectivity index (χ1) is 8.54. The molecule has 2 aromatic rings. The van der Waals surface area contributed by atoms with Gasteiger partial charge >= 0.3 is 0 Å². The highest BCUT2D eigenvalue weighted by molar-refractivity contribution is 7.89. The van der Waals surface area contributed by atoms with Gasteiger partial charge in [-0.1, -0.05) is 0 Å². The first-order valence-corrected chi connectivity index (χ1v) is 8.63. The summed E-state index contributed by atoms with van der Waals surface area (Å²) >= 11 is 2.93.